The molecule has 1 aliphatic carbocycles. The summed E-state index contributed by atoms with van der Waals surface area (Å²) in [7, 11) is -1.16. The zero-order chi connectivity index (χ0) is 15.9. The Labute approximate surface area is 128 Å². The molecule has 1 saturated carbocycles. The minimum absolute atomic E-state index is 0.00842. The Morgan fingerprint density at radius 1 is 1.10 bits per heavy atom. The maximum atomic E-state index is 11.7. The molecule has 1 rings (SSSR count). The van der Waals surface area contributed by atoms with Crippen LogP contribution >= 0.6 is 0 Å². The van der Waals surface area contributed by atoms with Gasteiger partial charge in [-0.15, -0.1) is 0 Å². The van der Waals surface area contributed by atoms with Crippen LogP contribution < -0.4 is 5.32 Å². The molecule has 1 N–H and O–H groups in total. The Kier molecular flexibility index (Phi) is 7.21. The molecule has 0 aromatic carbocycles. The second kappa shape index (κ2) is 8.41. The first-order valence-corrected chi connectivity index (χ1v) is 11.6. The normalized spacial score (nSPS) is 22.5. The maximum absolute atomic E-state index is 11.7. The van der Waals surface area contributed by atoms with E-state index >= 15 is 0 Å². The summed E-state index contributed by atoms with van der Waals surface area (Å²) in [6.07, 6.45) is 2.85. The zero-order valence-electron chi connectivity index (χ0n) is 13.7. The van der Waals surface area contributed by atoms with Gasteiger partial charge >= 0.3 is 12.1 Å². The van der Waals surface area contributed by atoms with Gasteiger partial charge in [-0.1, -0.05) is 19.6 Å². The van der Waals surface area contributed by atoms with Crippen molar-refractivity contribution in [1.82, 2.24) is 5.32 Å². The lowest BCUT2D eigenvalue weighted by Gasteiger charge is -2.27. The number of amides is 1. The summed E-state index contributed by atoms with van der Waals surface area (Å²) in [6.45, 7) is 9.52. The van der Waals surface area contributed by atoms with Gasteiger partial charge in [-0.25, -0.2) is 4.79 Å². The molecule has 0 atom stereocenters. The number of nitrogens with one attached hydrogen (secondary N) is 1. The van der Waals surface area contributed by atoms with Crippen LogP contribution in [0.25, 0.3) is 0 Å². The molecule has 0 aromatic rings. The van der Waals surface area contributed by atoms with E-state index in [1.54, 1.807) is 0 Å². The lowest BCUT2D eigenvalue weighted by Crippen LogP contribution is -2.39. The Balaban J connectivity index is 2.20. The predicted molar refractivity (Wildman–Crippen MR) is 85.0 cm³/mol. The minimum Gasteiger partial charge on any atom is -0.466 e. The van der Waals surface area contributed by atoms with Crippen molar-refractivity contribution in [2.45, 2.75) is 64.3 Å². The lowest BCUT2D eigenvalue weighted by atomic mass is 9.86. The Hall–Kier alpha value is -1.04. The number of ether oxygens (including phenoxy) is 2. The molecule has 5 nitrogen and oxygen atoms in total. The quantitative estimate of drug-likeness (QED) is 0.604. The summed E-state index contributed by atoms with van der Waals surface area (Å²) in [6, 6.07) is 1.10. The number of hydrogen-bond acceptors (Lipinski definition) is 4. The third-order valence-corrected chi connectivity index (χ3v) is 5.46. The van der Waals surface area contributed by atoms with Crippen molar-refractivity contribution in [2.24, 2.45) is 5.92 Å². The summed E-state index contributed by atoms with van der Waals surface area (Å²) in [5.74, 6) is -0.112. The molecule has 21 heavy (non-hydrogen) atoms. The van der Waals surface area contributed by atoms with Crippen molar-refractivity contribution in [3.05, 3.63) is 0 Å². The van der Waals surface area contributed by atoms with E-state index in [0.717, 1.165) is 31.7 Å². The number of carbonyl (C=O) groups is 2. The fourth-order valence-electron chi connectivity index (χ4n) is 2.39. The number of alkyl carbamates (subject to hydrolysis) is 1. The van der Waals surface area contributed by atoms with Gasteiger partial charge in [0.1, 0.15) is 0 Å². The second-order valence-electron chi connectivity index (χ2n) is 6.89. The fraction of sp³-hybridized carbons (Fsp3) is 0.867. The van der Waals surface area contributed by atoms with E-state index in [0.29, 0.717) is 13.2 Å². The van der Waals surface area contributed by atoms with Crippen LogP contribution in [0, 0.1) is 5.92 Å². The molecule has 0 aliphatic heterocycles. The van der Waals surface area contributed by atoms with Crippen LogP contribution in [0.15, 0.2) is 0 Å². The highest BCUT2D eigenvalue weighted by Gasteiger charge is 2.28. The van der Waals surface area contributed by atoms with E-state index in [-0.39, 0.29) is 24.0 Å². The second-order valence-corrected chi connectivity index (χ2v) is 12.5. The number of carbonyl (C=O) groups excluding carboxylic acids is 2. The first-order valence-electron chi connectivity index (χ1n) is 7.91. The van der Waals surface area contributed by atoms with Crippen LogP contribution in [-0.4, -0.2) is 39.4 Å². The van der Waals surface area contributed by atoms with Crippen molar-refractivity contribution in [3.63, 3.8) is 0 Å². The topological polar surface area (TPSA) is 64.6 Å². The van der Waals surface area contributed by atoms with Crippen LogP contribution in [0.5, 0.6) is 0 Å². The van der Waals surface area contributed by atoms with Crippen molar-refractivity contribution in [1.29, 1.82) is 0 Å². The fourth-order valence-corrected chi connectivity index (χ4v) is 3.11. The molecule has 6 heteroatoms. The van der Waals surface area contributed by atoms with E-state index in [4.69, 9.17) is 9.47 Å². The number of hydrogen-bond donors (Lipinski definition) is 1. The number of rotatable bonds is 6. The molecule has 1 amide bonds. The molecule has 0 unspecified atom stereocenters. The van der Waals surface area contributed by atoms with Gasteiger partial charge in [-0.2, -0.15) is 0 Å². The van der Waals surface area contributed by atoms with Gasteiger partial charge in [-0.05, 0) is 38.7 Å². The Bertz CT molecular complexity index is 346. The molecule has 1 aliphatic rings. The molecular weight excluding hydrogens is 286 g/mol. The van der Waals surface area contributed by atoms with Crippen LogP contribution in [0.4, 0.5) is 4.79 Å². The number of esters is 1. The van der Waals surface area contributed by atoms with Gasteiger partial charge in [0, 0.05) is 14.1 Å². The smallest absolute Gasteiger partial charge is 0.407 e. The molecular formula is C15H29NO4Si. The summed E-state index contributed by atoms with van der Waals surface area (Å²) in [4.78, 5) is 23.3. The van der Waals surface area contributed by atoms with E-state index in [1.165, 1.54) is 0 Å². The summed E-state index contributed by atoms with van der Waals surface area (Å²) < 4.78 is 10.3. The predicted octanol–water partition coefficient (Wildman–Crippen LogP) is 3.17. The minimum atomic E-state index is -1.16. The highest BCUT2D eigenvalue weighted by atomic mass is 28.3. The molecule has 1 fully saturated rings. The zero-order valence-corrected chi connectivity index (χ0v) is 14.7. The SMILES string of the molecule is CCOC(=O)[C@H]1CC[C@H](NC(=O)OCC[Si](C)(C)C)CC1. The van der Waals surface area contributed by atoms with Gasteiger partial charge in [-0.3, -0.25) is 4.79 Å². The summed E-state index contributed by atoms with van der Waals surface area (Å²) in [5.41, 5.74) is 0. The van der Waals surface area contributed by atoms with Crippen LogP contribution in [0.2, 0.25) is 25.7 Å². The molecule has 0 radical (unpaired) electrons. The van der Waals surface area contributed by atoms with E-state index in [9.17, 15) is 9.59 Å². The van der Waals surface area contributed by atoms with E-state index in [2.05, 4.69) is 25.0 Å². The van der Waals surface area contributed by atoms with E-state index in [1.807, 2.05) is 6.92 Å². The van der Waals surface area contributed by atoms with Gasteiger partial charge in [0.15, 0.2) is 0 Å². The molecule has 0 aromatic heterocycles. The largest absolute Gasteiger partial charge is 0.466 e. The average molecular weight is 315 g/mol. The third kappa shape index (κ3) is 7.50. The lowest BCUT2D eigenvalue weighted by molar-refractivity contribution is -0.149. The molecule has 122 valence electrons. The van der Waals surface area contributed by atoms with E-state index < -0.39 is 8.07 Å². The first kappa shape index (κ1) is 18.0. The standard InChI is InChI=1S/C15H29NO4Si/c1-5-19-14(17)12-6-8-13(9-7-12)16-15(18)20-10-11-21(2,3)4/h12-13H,5-11H2,1-4H3,(H,16,18)/t12-,13-. The summed E-state index contributed by atoms with van der Waals surface area (Å²) in [5, 5.41) is 2.90. The highest BCUT2D eigenvalue weighted by Crippen LogP contribution is 2.25. The monoisotopic (exact) mass is 315 g/mol. The van der Waals surface area contributed by atoms with Crippen molar-refractivity contribution < 1.29 is 19.1 Å². The van der Waals surface area contributed by atoms with Gasteiger partial charge in [0.25, 0.3) is 0 Å². The molecule has 0 bridgehead atoms. The molecule has 0 saturated heterocycles. The highest BCUT2D eigenvalue weighted by molar-refractivity contribution is 6.76. The van der Waals surface area contributed by atoms with Gasteiger partial charge in [0.05, 0.1) is 19.1 Å². The van der Waals surface area contributed by atoms with Crippen LogP contribution in [0.3, 0.4) is 0 Å². The maximum Gasteiger partial charge on any atom is 0.407 e. The molecule has 0 heterocycles. The van der Waals surface area contributed by atoms with Crippen molar-refractivity contribution in [2.75, 3.05) is 13.2 Å². The Morgan fingerprint density at radius 3 is 2.24 bits per heavy atom. The van der Waals surface area contributed by atoms with Crippen LogP contribution in [0.1, 0.15) is 32.6 Å². The van der Waals surface area contributed by atoms with Gasteiger partial charge in [0.2, 0.25) is 0 Å². The van der Waals surface area contributed by atoms with Crippen molar-refractivity contribution >= 4 is 20.1 Å². The third-order valence-electron chi connectivity index (χ3n) is 3.75. The van der Waals surface area contributed by atoms with Gasteiger partial charge < -0.3 is 14.8 Å². The molecule has 0 spiro atoms. The first-order chi connectivity index (χ1) is 9.81. The van der Waals surface area contributed by atoms with Crippen molar-refractivity contribution in [3.8, 4) is 0 Å². The Morgan fingerprint density at radius 2 is 1.71 bits per heavy atom. The average Bonchev–Trinajstić information content (AvgIpc) is 2.38. The van der Waals surface area contributed by atoms with Crippen LogP contribution in [-0.2, 0) is 14.3 Å². The summed E-state index contributed by atoms with van der Waals surface area (Å²) >= 11 is 0.